The van der Waals surface area contributed by atoms with Crippen molar-refractivity contribution >= 4 is 11.5 Å². The van der Waals surface area contributed by atoms with Gasteiger partial charge in [0.05, 0.1) is 23.9 Å². The minimum atomic E-state index is -0.100. The number of ether oxygens (including phenoxy) is 1. The monoisotopic (exact) mass is 369 g/mol. The Kier molecular flexibility index (Phi) is 3.84. The van der Waals surface area contributed by atoms with Gasteiger partial charge in [0.25, 0.3) is 0 Å². The van der Waals surface area contributed by atoms with Crippen LogP contribution in [-0.2, 0) is 6.42 Å². The van der Waals surface area contributed by atoms with E-state index in [1.807, 2.05) is 42.5 Å². The number of fused-ring (bicyclic) bond motifs is 2. The van der Waals surface area contributed by atoms with Crippen molar-refractivity contribution in [3.05, 3.63) is 66.1 Å². The zero-order valence-corrected chi connectivity index (χ0v) is 14.8. The van der Waals surface area contributed by atoms with Gasteiger partial charge in [-0.3, -0.25) is 0 Å². The van der Waals surface area contributed by atoms with Crippen LogP contribution in [0.5, 0.6) is 5.75 Å². The van der Waals surface area contributed by atoms with Crippen LogP contribution in [0, 0.1) is 11.3 Å². The SMILES string of the molecule is N#Cc1cccc(-c2ccc3nnc(CC4CNc5ncccc5O4)n3n2)c1. The van der Waals surface area contributed by atoms with Gasteiger partial charge in [-0.1, -0.05) is 12.1 Å². The molecule has 0 spiro atoms. The molecule has 4 heterocycles. The molecule has 5 rings (SSSR count). The van der Waals surface area contributed by atoms with Gasteiger partial charge in [0.2, 0.25) is 0 Å². The van der Waals surface area contributed by atoms with Gasteiger partial charge in [-0.2, -0.15) is 14.9 Å². The van der Waals surface area contributed by atoms with E-state index >= 15 is 0 Å². The summed E-state index contributed by atoms with van der Waals surface area (Å²) in [6, 6.07) is 17.0. The van der Waals surface area contributed by atoms with Crippen LogP contribution in [0.3, 0.4) is 0 Å². The second kappa shape index (κ2) is 6.63. The van der Waals surface area contributed by atoms with Crippen LogP contribution in [0.15, 0.2) is 54.7 Å². The Hall–Kier alpha value is -3.99. The van der Waals surface area contributed by atoms with Gasteiger partial charge in [-0.05, 0) is 36.4 Å². The number of hydrogen-bond acceptors (Lipinski definition) is 7. The number of pyridine rings is 1. The predicted octanol–water partition coefficient (Wildman–Crippen LogP) is 2.47. The molecule has 0 aliphatic carbocycles. The first-order chi connectivity index (χ1) is 13.8. The molecule has 0 saturated heterocycles. The molecular formula is C20H15N7O. The Morgan fingerprint density at radius 1 is 1.18 bits per heavy atom. The molecule has 8 heteroatoms. The number of hydrogen-bond donors (Lipinski definition) is 1. The summed E-state index contributed by atoms with van der Waals surface area (Å²) in [5.41, 5.74) is 2.89. The van der Waals surface area contributed by atoms with Crippen LogP contribution < -0.4 is 10.1 Å². The Balaban J connectivity index is 1.45. The maximum absolute atomic E-state index is 9.12. The van der Waals surface area contributed by atoms with E-state index in [1.165, 1.54) is 0 Å². The molecule has 0 radical (unpaired) electrons. The average Bonchev–Trinajstić information content (AvgIpc) is 3.15. The lowest BCUT2D eigenvalue weighted by Crippen LogP contribution is -2.33. The van der Waals surface area contributed by atoms with Gasteiger partial charge in [0.1, 0.15) is 6.10 Å². The number of anilines is 1. The second-order valence-electron chi connectivity index (χ2n) is 6.47. The highest BCUT2D eigenvalue weighted by Crippen LogP contribution is 2.27. The maximum atomic E-state index is 9.12. The lowest BCUT2D eigenvalue weighted by Gasteiger charge is -2.25. The zero-order valence-electron chi connectivity index (χ0n) is 14.8. The molecule has 4 aromatic rings. The van der Waals surface area contributed by atoms with Crippen molar-refractivity contribution in [2.75, 3.05) is 11.9 Å². The Morgan fingerprint density at radius 2 is 2.14 bits per heavy atom. The fraction of sp³-hybridized carbons (Fsp3) is 0.150. The molecular weight excluding hydrogens is 354 g/mol. The molecule has 28 heavy (non-hydrogen) atoms. The summed E-state index contributed by atoms with van der Waals surface area (Å²) >= 11 is 0. The largest absolute Gasteiger partial charge is 0.484 e. The first-order valence-corrected chi connectivity index (χ1v) is 8.87. The van der Waals surface area contributed by atoms with Crippen molar-refractivity contribution in [1.29, 1.82) is 5.26 Å². The van der Waals surface area contributed by atoms with E-state index in [0.29, 0.717) is 30.0 Å². The fourth-order valence-corrected chi connectivity index (χ4v) is 3.23. The van der Waals surface area contributed by atoms with Crippen LogP contribution in [0.4, 0.5) is 5.82 Å². The van der Waals surface area contributed by atoms with Gasteiger partial charge in [-0.15, -0.1) is 10.2 Å². The highest BCUT2D eigenvalue weighted by atomic mass is 16.5. The van der Waals surface area contributed by atoms with Gasteiger partial charge in [0.15, 0.2) is 23.0 Å². The summed E-state index contributed by atoms with van der Waals surface area (Å²) in [4.78, 5) is 4.26. The molecule has 1 aromatic carbocycles. The summed E-state index contributed by atoms with van der Waals surface area (Å²) < 4.78 is 7.76. The highest BCUT2D eigenvalue weighted by Gasteiger charge is 2.22. The second-order valence-corrected chi connectivity index (χ2v) is 6.47. The number of aromatic nitrogens is 5. The summed E-state index contributed by atoms with van der Waals surface area (Å²) in [7, 11) is 0. The number of nitrogens with one attached hydrogen (secondary N) is 1. The maximum Gasteiger partial charge on any atom is 0.177 e. The molecule has 0 bridgehead atoms. The van der Waals surface area contributed by atoms with E-state index in [0.717, 1.165) is 22.8 Å². The quantitative estimate of drug-likeness (QED) is 0.592. The summed E-state index contributed by atoms with van der Waals surface area (Å²) in [6.07, 6.45) is 2.18. The van der Waals surface area contributed by atoms with Crippen LogP contribution >= 0.6 is 0 Å². The van der Waals surface area contributed by atoms with E-state index in [9.17, 15) is 0 Å². The Morgan fingerprint density at radius 3 is 3.07 bits per heavy atom. The third-order valence-corrected chi connectivity index (χ3v) is 4.59. The van der Waals surface area contributed by atoms with Gasteiger partial charge in [-0.25, -0.2) is 4.98 Å². The van der Waals surface area contributed by atoms with Crippen molar-refractivity contribution < 1.29 is 4.74 Å². The van der Waals surface area contributed by atoms with E-state index in [4.69, 9.17) is 10.00 Å². The lowest BCUT2D eigenvalue weighted by molar-refractivity contribution is 0.202. The topological polar surface area (TPSA) is 101 Å². The van der Waals surface area contributed by atoms with E-state index in [-0.39, 0.29) is 6.10 Å². The molecule has 0 amide bonds. The third kappa shape index (κ3) is 2.89. The summed E-state index contributed by atoms with van der Waals surface area (Å²) in [5, 5.41) is 25.6. The third-order valence-electron chi connectivity index (χ3n) is 4.59. The molecule has 1 N–H and O–H groups in total. The van der Waals surface area contributed by atoms with Crippen molar-refractivity contribution in [1.82, 2.24) is 24.8 Å². The molecule has 0 saturated carbocycles. The van der Waals surface area contributed by atoms with Crippen molar-refractivity contribution in [3.63, 3.8) is 0 Å². The smallest absolute Gasteiger partial charge is 0.177 e. The molecule has 1 aliphatic heterocycles. The molecule has 3 aromatic heterocycles. The first kappa shape index (κ1) is 16.2. The number of rotatable bonds is 3. The molecule has 8 nitrogen and oxygen atoms in total. The lowest BCUT2D eigenvalue weighted by atomic mass is 10.1. The van der Waals surface area contributed by atoms with Crippen LogP contribution in [0.25, 0.3) is 16.9 Å². The summed E-state index contributed by atoms with van der Waals surface area (Å²) in [5.74, 6) is 2.20. The molecule has 1 aliphatic rings. The van der Waals surface area contributed by atoms with Crippen LogP contribution in [-0.4, -0.2) is 37.4 Å². The van der Waals surface area contributed by atoms with Gasteiger partial charge < -0.3 is 10.1 Å². The molecule has 136 valence electrons. The van der Waals surface area contributed by atoms with Crippen LogP contribution in [0.1, 0.15) is 11.4 Å². The normalized spacial score (nSPS) is 15.3. The molecule has 1 atom stereocenters. The molecule has 0 fully saturated rings. The number of nitrogens with zero attached hydrogens (tertiary/aromatic N) is 6. The van der Waals surface area contributed by atoms with Gasteiger partial charge >= 0.3 is 0 Å². The zero-order chi connectivity index (χ0) is 18.9. The molecule has 1 unspecified atom stereocenters. The van der Waals surface area contributed by atoms with Crippen molar-refractivity contribution in [2.24, 2.45) is 0 Å². The average molecular weight is 369 g/mol. The van der Waals surface area contributed by atoms with E-state index < -0.39 is 0 Å². The Bertz CT molecular complexity index is 1210. The first-order valence-electron chi connectivity index (χ1n) is 8.87. The minimum Gasteiger partial charge on any atom is -0.484 e. The van der Waals surface area contributed by atoms with Gasteiger partial charge in [0, 0.05) is 18.2 Å². The van der Waals surface area contributed by atoms with Crippen molar-refractivity contribution in [3.8, 4) is 23.1 Å². The number of nitriles is 1. The van der Waals surface area contributed by atoms with E-state index in [2.05, 4.69) is 31.7 Å². The predicted molar refractivity (Wildman–Crippen MR) is 102 cm³/mol. The summed E-state index contributed by atoms with van der Waals surface area (Å²) in [6.45, 7) is 0.628. The minimum absolute atomic E-state index is 0.100. The number of benzene rings is 1. The van der Waals surface area contributed by atoms with Crippen LogP contribution in [0.2, 0.25) is 0 Å². The van der Waals surface area contributed by atoms with E-state index in [1.54, 1.807) is 16.8 Å². The fourth-order valence-electron chi connectivity index (χ4n) is 3.23. The Labute approximate surface area is 160 Å². The standard InChI is InChI=1S/C20H15N7O/c21-11-13-3-1-4-14(9-13)16-6-7-18-24-25-19(27(18)26-16)10-15-12-23-20-17(28-15)5-2-8-22-20/h1-9,15H,10,12H2,(H,22,23). The highest BCUT2D eigenvalue weighted by molar-refractivity contribution is 5.62. The van der Waals surface area contributed by atoms with Crippen molar-refractivity contribution in [2.45, 2.75) is 12.5 Å².